The topological polar surface area (TPSA) is 88.1 Å². The summed E-state index contributed by atoms with van der Waals surface area (Å²) in [4.78, 5) is 22.6. The highest BCUT2D eigenvalue weighted by atomic mass is 31.1. The van der Waals surface area contributed by atoms with Gasteiger partial charge in [0.05, 0.1) is 0 Å². The van der Waals surface area contributed by atoms with E-state index in [1.54, 1.807) is 0 Å². The molecule has 26 heavy (non-hydrogen) atoms. The molecule has 0 bridgehead atoms. The molecule has 0 radical (unpaired) electrons. The summed E-state index contributed by atoms with van der Waals surface area (Å²) in [5, 5.41) is 0. The maximum atomic E-state index is 12.6. The largest absolute Gasteiger partial charge is 0.459 e. The number of carbonyl (C=O) groups is 2. The molecule has 7 nitrogen and oxygen atoms in total. The van der Waals surface area contributed by atoms with Gasteiger partial charge in [-0.1, -0.05) is 40.9 Å². The molecule has 0 atom stereocenters. The molecule has 0 rings (SSSR count). The molecule has 0 aromatic carbocycles. The normalized spacial score (nSPS) is 11.9. The van der Waals surface area contributed by atoms with Crippen LogP contribution in [0.1, 0.15) is 53.4 Å². The van der Waals surface area contributed by atoms with Crippen LogP contribution in [0.25, 0.3) is 0 Å². The molecule has 0 aliphatic heterocycles. The van der Waals surface area contributed by atoms with Crippen molar-refractivity contribution >= 4 is 20.2 Å². The van der Waals surface area contributed by atoms with Gasteiger partial charge in [-0.15, -0.1) is 0 Å². The van der Waals surface area contributed by atoms with E-state index >= 15 is 0 Å². The van der Waals surface area contributed by atoms with Gasteiger partial charge >= 0.3 is 20.2 Å². The third kappa shape index (κ3) is 7.85. The van der Waals surface area contributed by atoms with Gasteiger partial charge in [-0.3, -0.25) is 4.57 Å². The van der Waals surface area contributed by atoms with Crippen LogP contribution in [-0.4, -0.2) is 36.4 Å². The summed E-state index contributed by atoms with van der Waals surface area (Å²) in [5.41, 5.74) is -1.83. The van der Waals surface area contributed by atoms with Crippen molar-refractivity contribution in [3.63, 3.8) is 0 Å². The van der Waals surface area contributed by atoms with Crippen molar-refractivity contribution < 1.29 is 32.7 Å². The predicted molar refractivity (Wildman–Crippen MR) is 100 cm³/mol. The molecule has 0 saturated heterocycles. The lowest BCUT2D eigenvalue weighted by atomic mass is 9.99. The van der Waals surface area contributed by atoms with Crippen LogP contribution < -0.4 is 0 Å². The molecule has 0 aromatic heterocycles. The highest BCUT2D eigenvalue weighted by Crippen LogP contribution is 2.41. The Labute approximate surface area is 156 Å². The van der Waals surface area contributed by atoms with Gasteiger partial charge in [-0.2, -0.15) is 0 Å². The zero-order chi connectivity index (χ0) is 20.2. The highest BCUT2D eigenvalue weighted by molar-refractivity contribution is 7.33. The minimum Gasteiger partial charge on any atom is -0.459 e. The number of carbonyl (C=O) groups excluding carboxylic acids is 2. The molecular formula is C18H31O7P. The van der Waals surface area contributed by atoms with E-state index in [4.69, 9.17) is 18.5 Å². The number of esters is 2. The standard InChI is InChI=1S/C18H31O7P/c1-7-15(19)22-13-17(9-3,10-4)24-26(21)25-18(11-5,12-6)14-23-16(20)8-2/h7-8,26H,1-2,9-14H2,3-6H3. The van der Waals surface area contributed by atoms with E-state index in [2.05, 4.69) is 13.2 Å². The van der Waals surface area contributed by atoms with E-state index in [0.717, 1.165) is 12.2 Å². The van der Waals surface area contributed by atoms with Crippen LogP contribution in [0.4, 0.5) is 0 Å². The second-order valence-electron chi connectivity index (χ2n) is 5.86. The van der Waals surface area contributed by atoms with E-state index in [0.29, 0.717) is 25.7 Å². The van der Waals surface area contributed by atoms with Crippen molar-refractivity contribution in [3.05, 3.63) is 25.3 Å². The van der Waals surface area contributed by atoms with Crippen molar-refractivity contribution in [1.29, 1.82) is 0 Å². The van der Waals surface area contributed by atoms with Crippen LogP contribution in [0.2, 0.25) is 0 Å². The molecule has 0 unspecified atom stereocenters. The Morgan fingerprint density at radius 3 is 1.35 bits per heavy atom. The fourth-order valence-corrected chi connectivity index (χ4v) is 3.60. The zero-order valence-electron chi connectivity index (χ0n) is 16.2. The van der Waals surface area contributed by atoms with Crippen molar-refractivity contribution in [1.82, 2.24) is 0 Å². The van der Waals surface area contributed by atoms with Crippen LogP contribution in [0.15, 0.2) is 25.3 Å². The summed E-state index contributed by atoms with van der Waals surface area (Å²) in [7, 11) is -2.94. The zero-order valence-corrected chi connectivity index (χ0v) is 17.2. The third-order valence-corrected chi connectivity index (χ3v) is 5.66. The Hall–Kier alpha value is -1.43. The molecule has 0 aliphatic carbocycles. The van der Waals surface area contributed by atoms with E-state index in [-0.39, 0.29) is 13.2 Å². The van der Waals surface area contributed by atoms with Crippen molar-refractivity contribution in [2.75, 3.05) is 13.2 Å². The highest BCUT2D eigenvalue weighted by Gasteiger charge is 2.36. The Bertz CT molecular complexity index is 464. The molecule has 0 aromatic rings. The molecule has 0 N–H and O–H groups in total. The Balaban J connectivity index is 5.08. The van der Waals surface area contributed by atoms with Gasteiger partial charge in [0, 0.05) is 12.2 Å². The summed E-state index contributed by atoms with van der Waals surface area (Å²) in [6.07, 6.45) is 4.02. The van der Waals surface area contributed by atoms with Crippen LogP contribution in [-0.2, 0) is 32.7 Å². The van der Waals surface area contributed by atoms with E-state index < -0.39 is 31.4 Å². The fourth-order valence-electron chi connectivity index (χ4n) is 2.15. The molecule has 0 fully saturated rings. The molecule has 0 saturated carbocycles. The first-order valence-corrected chi connectivity index (χ1v) is 9.98. The average Bonchev–Trinajstić information content (AvgIpc) is 2.67. The van der Waals surface area contributed by atoms with Gasteiger partial charge in [-0.05, 0) is 25.7 Å². The first-order chi connectivity index (χ1) is 12.3. The lowest BCUT2D eigenvalue weighted by Gasteiger charge is -2.34. The minimum atomic E-state index is -2.94. The van der Waals surface area contributed by atoms with E-state index in [1.165, 1.54) is 0 Å². The lowest BCUT2D eigenvalue weighted by Crippen LogP contribution is -2.38. The number of ether oxygens (including phenoxy) is 2. The van der Waals surface area contributed by atoms with Crippen LogP contribution in [0.5, 0.6) is 0 Å². The Morgan fingerprint density at radius 1 is 0.808 bits per heavy atom. The maximum Gasteiger partial charge on any atom is 0.330 e. The monoisotopic (exact) mass is 390 g/mol. The third-order valence-electron chi connectivity index (χ3n) is 4.47. The van der Waals surface area contributed by atoms with Crippen LogP contribution >= 0.6 is 8.25 Å². The first-order valence-electron chi connectivity index (χ1n) is 8.76. The quantitative estimate of drug-likeness (QED) is 0.252. The molecular weight excluding hydrogens is 359 g/mol. The van der Waals surface area contributed by atoms with Crippen LogP contribution in [0, 0.1) is 0 Å². The molecule has 0 heterocycles. The first kappa shape index (κ1) is 24.6. The second-order valence-corrected chi connectivity index (χ2v) is 6.77. The molecule has 8 heteroatoms. The summed E-state index contributed by atoms with van der Waals surface area (Å²) < 4.78 is 34.1. The maximum absolute atomic E-state index is 12.6. The van der Waals surface area contributed by atoms with Crippen molar-refractivity contribution in [3.8, 4) is 0 Å². The predicted octanol–water partition coefficient (Wildman–Crippen LogP) is 3.99. The van der Waals surface area contributed by atoms with Crippen LogP contribution in [0.3, 0.4) is 0 Å². The van der Waals surface area contributed by atoms with E-state index in [9.17, 15) is 14.2 Å². The summed E-state index contributed by atoms with van der Waals surface area (Å²) in [6.45, 7) is 14.0. The van der Waals surface area contributed by atoms with Gasteiger partial charge in [0.1, 0.15) is 24.4 Å². The lowest BCUT2D eigenvalue weighted by molar-refractivity contribution is -0.146. The number of hydrogen-bond donors (Lipinski definition) is 0. The molecule has 150 valence electrons. The smallest absolute Gasteiger partial charge is 0.330 e. The fraction of sp³-hybridized carbons (Fsp3) is 0.667. The van der Waals surface area contributed by atoms with Gasteiger partial charge in [0.15, 0.2) is 0 Å². The van der Waals surface area contributed by atoms with Gasteiger partial charge < -0.3 is 18.5 Å². The Morgan fingerprint density at radius 2 is 1.12 bits per heavy atom. The summed E-state index contributed by atoms with van der Waals surface area (Å²) >= 11 is 0. The molecule has 0 amide bonds. The second kappa shape index (κ2) is 12.0. The SMILES string of the molecule is C=CC(=O)OCC(CC)(CC)O[PH](=O)OC(CC)(CC)COC(=O)C=C. The summed E-state index contributed by atoms with van der Waals surface area (Å²) in [6, 6.07) is 0. The molecule has 0 aliphatic rings. The number of rotatable bonds is 14. The van der Waals surface area contributed by atoms with E-state index in [1.807, 2.05) is 27.7 Å². The molecule has 0 spiro atoms. The average molecular weight is 390 g/mol. The van der Waals surface area contributed by atoms with Gasteiger partial charge in [0.25, 0.3) is 0 Å². The van der Waals surface area contributed by atoms with Gasteiger partial charge in [0.2, 0.25) is 0 Å². The van der Waals surface area contributed by atoms with Crippen molar-refractivity contribution in [2.45, 2.75) is 64.6 Å². The van der Waals surface area contributed by atoms with Crippen molar-refractivity contribution in [2.24, 2.45) is 0 Å². The summed E-state index contributed by atoms with van der Waals surface area (Å²) in [5.74, 6) is -1.15. The minimum absolute atomic E-state index is 0.0542. The van der Waals surface area contributed by atoms with Gasteiger partial charge in [-0.25, -0.2) is 9.59 Å². The Kier molecular flexibility index (Phi) is 11.4. The number of hydrogen-bond acceptors (Lipinski definition) is 7.